The van der Waals surface area contributed by atoms with E-state index >= 15 is 0 Å². The second-order valence-corrected chi connectivity index (χ2v) is 8.70. The molecule has 1 aliphatic heterocycles. The summed E-state index contributed by atoms with van der Waals surface area (Å²) in [7, 11) is 0. The number of carbonyl (C=O) groups is 2. The van der Waals surface area contributed by atoms with E-state index in [0.717, 1.165) is 10.6 Å². The van der Waals surface area contributed by atoms with Gasteiger partial charge in [-0.2, -0.15) is 10.4 Å². The van der Waals surface area contributed by atoms with Crippen molar-refractivity contribution in [2.45, 2.75) is 40.2 Å². The summed E-state index contributed by atoms with van der Waals surface area (Å²) < 4.78 is 21.7. The van der Waals surface area contributed by atoms with Gasteiger partial charge in [-0.1, -0.05) is 25.1 Å². The van der Waals surface area contributed by atoms with Gasteiger partial charge in [0.05, 0.1) is 12.3 Å². The van der Waals surface area contributed by atoms with Crippen LogP contribution in [0.3, 0.4) is 0 Å². The predicted molar refractivity (Wildman–Crippen MR) is 138 cm³/mol. The fraction of sp³-hybridized carbons (Fsp3) is 0.241. The standard InChI is InChI=1S/C29H27FN4O3/c1-5-18(3)34-28(35)23(19(4)24(16-31)29(34)36)14-21-17-33(22-10-8-7-9-11-22)32-27(21)20-12-13-26(37-6-2)25(30)15-20/h7-15,17-18H,5-6H2,1-4H3/b23-14+. The molecule has 0 aliphatic carbocycles. The molecule has 0 bridgehead atoms. The average molecular weight is 499 g/mol. The van der Waals surface area contributed by atoms with Gasteiger partial charge in [0.1, 0.15) is 17.3 Å². The van der Waals surface area contributed by atoms with Crippen LogP contribution in [0.25, 0.3) is 23.0 Å². The van der Waals surface area contributed by atoms with E-state index in [-0.39, 0.29) is 22.9 Å². The van der Waals surface area contributed by atoms with E-state index in [1.807, 2.05) is 43.3 Å². The number of benzene rings is 2. The molecule has 8 heteroatoms. The van der Waals surface area contributed by atoms with Gasteiger partial charge >= 0.3 is 0 Å². The molecule has 0 saturated carbocycles. The molecule has 0 radical (unpaired) electrons. The van der Waals surface area contributed by atoms with Crippen LogP contribution < -0.4 is 4.74 Å². The van der Waals surface area contributed by atoms with Gasteiger partial charge in [-0.25, -0.2) is 9.07 Å². The number of imide groups is 1. The zero-order chi connectivity index (χ0) is 26.7. The maximum Gasteiger partial charge on any atom is 0.271 e. The number of hydrogen-bond acceptors (Lipinski definition) is 5. The number of halogens is 1. The van der Waals surface area contributed by atoms with Crippen LogP contribution in [0.5, 0.6) is 5.75 Å². The Hall–Kier alpha value is -4.51. The Kier molecular flexibility index (Phi) is 7.35. The summed E-state index contributed by atoms with van der Waals surface area (Å²) >= 11 is 0. The van der Waals surface area contributed by atoms with Crippen LogP contribution in [0.4, 0.5) is 4.39 Å². The van der Waals surface area contributed by atoms with Crippen LogP contribution in [-0.2, 0) is 9.59 Å². The third kappa shape index (κ3) is 4.81. The van der Waals surface area contributed by atoms with Crippen LogP contribution in [-0.4, -0.2) is 39.1 Å². The molecule has 0 N–H and O–H groups in total. The summed E-state index contributed by atoms with van der Waals surface area (Å²) in [4.78, 5) is 27.5. The first kappa shape index (κ1) is 25.6. The third-order valence-electron chi connectivity index (χ3n) is 6.37. The van der Waals surface area contributed by atoms with Crippen molar-refractivity contribution in [3.63, 3.8) is 0 Å². The molecule has 1 aromatic heterocycles. The quantitative estimate of drug-likeness (QED) is 0.319. The Morgan fingerprint density at radius 3 is 2.49 bits per heavy atom. The lowest BCUT2D eigenvalue weighted by atomic mass is 9.92. The lowest BCUT2D eigenvalue weighted by molar-refractivity contribution is -0.142. The van der Waals surface area contributed by atoms with Gasteiger partial charge in [0.2, 0.25) is 0 Å². The van der Waals surface area contributed by atoms with Crippen LogP contribution in [0, 0.1) is 17.1 Å². The number of nitriles is 1. The van der Waals surface area contributed by atoms with Crippen molar-refractivity contribution < 1.29 is 18.7 Å². The molecule has 37 heavy (non-hydrogen) atoms. The Morgan fingerprint density at radius 2 is 1.86 bits per heavy atom. The second kappa shape index (κ2) is 10.6. The summed E-state index contributed by atoms with van der Waals surface area (Å²) in [6.07, 6.45) is 3.90. The molecule has 4 rings (SSSR count). The number of para-hydroxylation sites is 1. The molecular weight excluding hydrogens is 471 g/mol. The molecule has 2 heterocycles. The highest BCUT2D eigenvalue weighted by molar-refractivity contribution is 6.20. The highest BCUT2D eigenvalue weighted by atomic mass is 19.1. The molecular formula is C29H27FN4O3. The number of carbonyl (C=O) groups excluding carboxylic acids is 2. The monoisotopic (exact) mass is 498 g/mol. The Labute approximate surface area is 215 Å². The van der Waals surface area contributed by atoms with Gasteiger partial charge < -0.3 is 4.74 Å². The maximum absolute atomic E-state index is 14.8. The van der Waals surface area contributed by atoms with Gasteiger partial charge in [0.25, 0.3) is 11.8 Å². The molecule has 0 fully saturated rings. The van der Waals surface area contributed by atoms with Crippen LogP contribution >= 0.6 is 0 Å². The highest BCUT2D eigenvalue weighted by Gasteiger charge is 2.37. The van der Waals surface area contributed by atoms with Crippen LogP contribution in [0.1, 0.15) is 39.7 Å². The number of rotatable bonds is 7. The fourth-order valence-corrected chi connectivity index (χ4v) is 4.19. The minimum atomic E-state index is -0.592. The van der Waals surface area contributed by atoms with Crippen LogP contribution in [0.15, 0.2) is 71.4 Å². The fourth-order valence-electron chi connectivity index (χ4n) is 4.19. The molecule has 1 unspecified atom stereocenters. The smallest absolute Gasteiger partial charge is 0.271 e. The number of amides is 2. The van der Waals surface area contributed by atoms with Crippen molar-refractivity contribution in [2.75, 3.05) is 6.61 Å². The molecule has 0 saturated heterocycles. The van der Waals surface area contributed by atoms with Crippen molar-refractivity contribution in [3.05, 3.63) is 82.8 Å². The van der Waals surface area contributed by atoms with Crippen molar-refractivity contribution in [1.82, 2.24) is 14.7 Å². The highest BCUT2D eigenvalue weighted by Crippen LogP contribution is 2.33. The molecule has 7 nitrogen and oxygen atoms in total. The molecule has 1 aliphatic rings. The van der Waals surface area contributed by atoms with Crippen LogP contribution in [0.2, 0.25) is 0 Å². The minimum absolute atomic E-state index is 0.0738. The number of aromatic nitrogens is 2. The SMILES string of the molecule is CCOc1ccc(-c2nn(-c3ccccc3)cc2/C=C2/C(=O)N(C(C)CC)C(=O)C(C#N)=C2C)cc1F. The van der Waals surface area contributed by atoms with Gasteiger partial charge in [-0.3, -0.25) is 14.5 Å². The van der Waals surface area contributed by atoms with Gasteiger partial charge in [-0.05, 0) is 69.2 Å². The maximum atomic E-state index is 14.8. The summed E-state index contributed by atoms with van der Waals surface area (Å²) in [6, 6.07) is 15.5. The summed E-state index contributed by atoms with van der Waals surface area (Å²) in [5.41, 5.74) is 2.68. The topological polar surface area (TPSA) is 88.2 Å². The van der Waals surface area contributed by atoms with Crippen molar-refractivity contribution >= 4 is 17.9 Å². The zero-order valence-electron chi connectivity index (χ0n) is 21.2. The van der Waals surface area contributed by atoms with E-state index in [9.17, 15) is 19.2 Å². The largest absolute Gasteiger partial charge is 0.491 e. The van der Waals surface area contributed by atoms with E-state index in [1.165, 1.54) is 6.07 Å². The lowest BCUT2D eigenvalue weighted by Crippen LogP contribution is -2.47. The van der Waals surface area contributed by atoms with Gasteiger partial charge in [-0.15, -0.1) is 0 Å². The van der Waals surface area contributed by atoms with E-state index in [2.05, 4.69) is 0 Å². The van der Waals surface area contributed by atoms with E-state index in [1.54, 1.807) is 49.9 Å². The van der Waals surface area contributed by atoms with Crippen molar-refractivity contribution in [2.24, 2.45) is 0 Å². The summed E-state index contributed by atoms with van der Waals surface area (Å²) in [6.45, 7) is 7.33. The molecule has 188 valence electrons. The van der Waals surface area contributed by atoms with Gasteiger partial charge in [0.15, 0.2) is 11.6 Å². The minimum Gasteiger partial charge on any atom is -0.491 e. The lowest BCUT2D eigenvalue weighted by Gasteiger charge is -2.31. The van der Waals surface area contributed by atoms with E-state index in [4.69, 9.17) is 9.84 Å². The van der Waals surface area contributed by atoms with Crippen molar-refractivity contribution in [3.8, 4) is 28.8 Å². The Bertz CT molecular complexity index is 1460. The second-order valence-electron chi connectivity index (χ2n) is 8.70. The number of hydrogen-bond donors (Lipinski definition) is 0. The first-order valence-corrected chi connectivity index (χ1v) is 12.1. The summed E-state index contributed by atoms with van der Waals surface area (Å²) in [5, 5.41) is 14.4. The molecule has 0 spiro atoms. The van der Waals surface area contributed by atoms with Gasteiger partial charge in [0, 0.05) is 28.9 Å². The normalized spacial score (nSPS) is 15.8. The zero-order valence-corrected chi connectivity index (χ0v) is 21.2. The first-order valence-electron chi connectivity index (χ1n) is 12.1. The Morgan fingerprint density at radius 1 is 1.14 bits per heavy atom. The number of ether oxygens (including phenoxy) is 1. The molecule has 2 aromatic carbocycles. The summed E-state index contributed by atoms with van der Waals surface area (Å²) in [5.74, 6) is -1.47. The average Bonchev–Trinajstić information content (AvgIpc) is 3.32. The van der Waals surface area contributed by atoms with Crippen molar-refractivity contribution in [1.29, 1.82) is 5.26 Å². The first-order chi connectivity index (χ1) is 17.8. The van der Waals surface area contributed by atoms with E-state index in [0.29, 0.717) is 35.4 Å². The molecule has 3 aromatic rings. The molecule has 2 amide bonds. The number of nitrogens with zero attached hydrogens (tertiary/aromatic N) is 4. The Balaban J connectivity index is 1.93. The third-order valence-corrected chi connectivity index (χ3v) is 6.37. The molecule has 1 atom stereocenters. The predicted octanol–water partition coefficient (Wildman–Crippen LogP) is 5.47. The van der Waals surface area contributed by atoms with E-state index < -0.39 is 17.6 Å².